The summed E-state index contributed by atoms with van der Waals surface area (Å²) >= 11 is 0. The van der Waals surface area contributed by atoms with Gasteiger partial charge in [0.05, 0.1) is 16.8 Å². The third-order valence-electron chi connectivity index (χ3n) is 6.91. The topological polar surface area (TPSA) is 144 Å². The maximum absolute atomic E-state index is 13.3. The number of Topliss-reactive ketones (excluding diaryl/α,β-unsaturated/α-hetero) is 1. The van der Waals surface area contributed by atoms with Gasteiger partial charge in [-0.2, -0.15) is 0 Å². The SMILES string of the molecule is C=C.Cc1c(C(=O)C(=O)NC2(/C(=C/N)NN)CC2)c2n(c1C(=O)Nc1ccc(F)cc1)C1CC1C2. The quantitative estimate of drug-likeness (QED) is 0.135. The molecule has 0 bridgehead atoms. The second kappa shape index (κ2) is 9.03. The molecule has 2 atom stereocenters. The van der Waals surface area contributed by atoms with Crippen LogP contribution in [0.5, 0.6) is 0 Å². The summed E-state index contributed by atoms with van der Waals surface area (Å²) in [6.45, 7) is 7.68. The van der Waals surface area contributed by atoms with E-state index in [1.54, 1.807) is 6.92 Å². The molecule has 10 heteroatoms. The molecule has 2 amide bonds. The van der Waals surface area contributed by atoms with Crippen LogP contribution in [0, 0.1) is 18.7 Å². The summed E-state index contributed by atoms with van der Waals surface area (Å²) in [4.78, 5) is 39.4. The van der Waals surface area contributed by atoms with E-state index in [2.05, 4.69) is 29.2 Å². The van der Waals surface area contributed by atoms with Crippen molar-refractivity contribution >= 4 is 23.3 Å². The van der Waals surface area contributed by atoms with Crippen molar-refractivity contribution in [2.75, 3.05) is 5.32 Å². The monoisotopic (exact) mass is 480 g/mol. The Balaban J connectivity index is 0.00000141. The fraction of sp³-hybridized carbons (Fsp3) is 0.320. The van der Waals surface area contributed by atoms with Gasteiger partial charge in [0.25, 0.3) is 17.6 Å². The molecule has 5 rings (SSSR count). The maximum atomic E-state index is 13.3. The molecule has 2 heterocycles. The highest BCUT2D eigenvalue weighted by Gasteiger charge is 2.52. The smallest absolute Gasteiger partial charge is 0.293 e. The van der Waals surface area contributed by atoms with Gasteiger partial charge in [0.15, 0.2) is 0 Å². The Morgan fingerprint density at radius 3 is 2.43 bits per heavy atom. The Bertz CT molecular complexity index is 1230. The number of amides is 2. The molecule has 2 unspecified atom stereocenters. The van der Waals surface area contributed by atoms with Crippen LogP contribution in [0.2, 0.25) is 0 Å². The zero-order valence-electron chi connectivity index (χ0n) is 19.5. The summed E-state index contributed by atoms with van der Waals surface area (Å²) in [7, 11) is 0. The van der Waals surface area contributed by atoms with Gasteiger partial charge in [-0.05, 0) is 68.4 Å². The number of halogens is 1. The number of benzene rings is 1. The Labute approximate surface area is 202 Å². The normalized spacial score (nSPS) is 20.5. The fourth-order valence-electron chi connectivity index (χ4n) is 4.98. The molecule has 184 valence electrons. The minimum Gasteiger partial charge on any atom is -0.403 e. The van der Waals surface area contributed by atoms with Crippen LogP contribution in [0.1, 0.15) is 57.4 Å². The van der Waals surface area contributed by atoms with Gasteiger partial charge >= 0.3 is 0 Å². The van der Waals surface area contributed by atoms with Crippen molar-refractivity contribution in [3.05, 3.63) is 77.7 Å². The van der Waals surface area contributed by atoms with E-state index in [4.69, 9.17) is 11.6 Å². The lowest BCUT2D eigenvalue weighted by molar-refractivity contribution is -0.117. The van der Waals surface area contributed by atoms with Crippen LogP contribution in [0.3, 0.4) is 0 Å². The molecule has 0 spiro atoms. The highest BCUT2D eigenvalue weighted by molar-refractivity contribution is 6.44. The van der Waals surface area contributed by atoms with Crippen LogP contribution < -0.4 is 27.6 Å². The second-order valence-corrected chi connectivity index (χ2v) is 8.98. The maximum Gasteiger partial charge on any atom is 0.293 e. The average Bonchev–Trinajstić information content (AvgIpc) is 3.74. The van der Waals surface area contributed by atoms with Crippen LogP contribution in [0.25, 0.3) is 0 Å². The first-order valence-electron chi connectivity index (χ1n) is 11.4. The van der Waals surface area contributed by atoms with Crippen molar-refractivity contribution in [3.8, 4) is 0 Å². The number of rotatable bonds is 7. The molecule has 0 radical (unpaired) electrons. The summed E-state index contributed by atoms with van der Waals surface area (Å²) in [5, 5.41) is 5.54. The molecular weight excluding hydrogens is 451 g/mol. The number of anilines is 1. The van der Waals surface area contributed by atoms with E-state index in [-0.39, 0.29) is 11.6 Å². The van der Waals surface area contributed by atoms with Gasteiger partial charge in [-0.1, -0.05) is 0 Å². The molecule has 1 aromatic heterocycles. The Morgan fingerprint density at radius 1 is 1.20 bits per heavy atom. The molecule has 2 saturated carbocycles. The lowest BCUT2D eigenvalue weighted by Gasteiger charge is -2.19. The van der Waals surface area contributed by atoms with Crippen LogP contribution in [-0.2, 0) is 11.2 Å². The van der Waals surface area contributed by atoms with Crippen molar-refractivity contribution in [2.24, 2.45) is 17.5 Å². The lowest BCUT2D eigenvalue weighted by atomic mass is 10.0. The van der Waals surface area contributed by atoms with Crippen LogP contribution in [-0.4, -0.2) is 27.7 Å². The third kappa shape index (κ3) is 4.10. The zero-order valence-corrected chi connectivity index (χ0v) is 19.5. The number of nitrogens with one attached hydrogen (secondary N) is 3. The van der Waals surface area contributed by atoms with Crippen molar-refractivity contribution in [1.29, 1.82) is 0 Å². The molecule has 9 nitrogen and oxygen atoms in total. The minimum absolute atomic E-state index is 0.153. The summed E-state index contributed by atoms with van der Waals surface area (Å²) in [6, 6.07) is 5.61. The van der Waals surface area contributed by atoms with Crippen LogP contribution in [0.15, 0.2) is 49.3 Å². The number of nitrogens with zero attached hydrogens (tertiary/aromatic N) is 1. The Kier molecular flexibility index (Phi) is 6.25. The first kappa shape index (κ1) is 24.2. The highest BCUT2D eigenvalue weighted by Crippen LogP contribution is 2.54. The van der Waals surface area contributed by atoms with E-state index in [0.717, 1.165) is 12.1 Å². The van der Waals surface area contributed by atoms with Gasteiger partial charge in [0.2, 0.25) is 0 Å². The largest absolute Gasteiger partial charge is 0.403 e. The van der Waals surface area contributed by atoms with E-state index < -0.39 is 29.0 Å². The number of carbonyl (C=O) groups excluding carboxylic acids is 3. The molecule has 2 aliphatic carbocycles. The second-order valence-electron chi connectivity index (χ2n) is 8.98. The minimum atomic E-state index is -0.766. The molecular formula is C25H29FN6O3. The summed E-state index contributed by atoms with van der Waals surface area (Å²) in [5.74, 6) is 3.62. The number of hydrogen-bond acceptors (Lipinski definition) is 6. The van der Waals surface area contributed by atoms with Crippen molar-refractivity contribution in [1.82, 2.24) is 15.3 Å². The summed E-state index contributed by atoms with van der Waals surface area (Å²) in [5.41, 5.74) is 10.0. The van der Waals surface area contributed by atoms with Gasteiger partial charge < -0.3 is 26.4 Å². The molecule has 0 saturated heterocycles. The fourth-order valence-corrected chi connectivity index (χ4v) is 4.98. The van der Waals surface area contributed by atoms with E-state index in [9.17, 15) is 18.8 Å². The van der Waals surface area contributed by atoms with E-state index in [1.165, 1.54) is 30.5 Å². The first-order chi connectivity index (χ1) is 16.8. The van der Waals surface area contributed by atoms with E-state index >= 15 is 0 Å². The van der Waals surface area contributed by atoms with Gasteiger partial charge in [-0.25, -0.2) is 4.39 Å². The molecule has 1 aromatic carbocycles. The molecule has 3 aliphatic rings. The molecule has 2 aromatic rings. The summed E-state index contributed by atoms with van der Waals surface area (Å²) in [6.07, 6.45) is 4.09. The number of hydrogen-bond donors (Lipinski definition) is 5. The number of ketones is 1. The Hall–Kier alpha value is -3.92. The molecule has 1 aliphatic heterocycles. The number of aromatic nitrogens is 1. The molecule has 35 heavy (non-hydrogen) atoms. The Morgan fingerprint density at radius 2 is 1.86 bits per heavy atom. The zero-order chi connectivity index (χ0) is 25.5. The number of hydrazine groups is 1. The molecule has 2 fully saturated rings. The van der Waals surface area contributed by atoms with E-state index in [0.29, 0.717) is 47.8 Å². The predicted molar refractivity (Wildman–Crippen MR) is 130 cm³/mol. The van der Waals surface area contributed by atoms with Crippen molar-refractivity contribution < 1.29 is 18.8 Å². The van der Waals surface area contributed by atoms with Gasteiger partial charge in [0.1, 0.15) is 11.5 Å². The van der Waals surface area contributed by atoms with Gasteiger partial charge in [0, 0.05) is 23.6 Å². The van der Waals surface area contributed by atoms with Gasteiger partial charge in [-0.3, -0.25) is 20.2 Å². The van der Waals surface area contributed by atoms with Crippen molar-refractivity contribution in [2.45, 2.75) is 44.2 Å². The standard InChI is InChI=1S/C23H25FN6O3.C2H4/c1-11-18(20(31)22(33)28-23(6-7-23)17(10-25)29-26)16-9-12-8-15(12)30(16)19(11)21(32)27-14-4-2-13(24)3-5-14;1-2/h2-5,10,12,15,29H,6-9,25-26H2,1H3,(H,27,32)(H,28,33);1-2H2/b17-10-;. The predicted octanol–water partition coefficient (Wildman–Crippen LogP) is 2.20. The summed E-state index contributed by atoms with van der Waals surface area (Å²) < 4.78 is 15.1. The number of carbonyl (C=O) groups is 3. The molecule has 7 N–H and O–H groups in total. The van der Waals surface area contributed by atoms with Gasteiger partial charge in [-0.15, -0.1) is 13.2 Å². The van der Waals surface area contributed by atoms with Crippen LogP contribution >= 0.6 is 0 Å². The third-order valence-corrected chi connectivity index (χ3v) is 6.91. The number of nitrogens with two attached hydrogens (primary N) is 2. The lowest BCUT2D eigenvalue weighted by Crippen LogP contribution is -2.47. The van der Waals surface area contributed by atoms with E-state index in [1.807, 2.05) is 4.57 Å². The average molecular weight is 481 g/mol. The highest BCUT2D eigenvalue weighted by atomic mass is 19.1. The number of fused-ring (bicyclic) bond motifs is 3. The van der Waals surface area contributed by atoms with Crippen molar-refractivity contribution in [3.63, 3.8) is 0 Å². The van der Waals surface area contributed by atoms with Crippen LogP contribution in [0.4, 0.5) is 10.1 Å². The first-order valence-corrected chi connectivity index (χ1v) is 11.4.